The van der Waals surface area contributed by atoms with E-state index in [1.807, 2.05) is 23.6 Å². The molecule has 0 saturated carbocycles. The van der Waals surface area contributed by atoms with Gasteiger partial charge in [0.25, 0.3) is 0 Å². The maximum atomic E-state index is 10.5. The van der Waals surface area contributed by atoms with Crippen LogP contribution in [-0.2, 0) is 6.54 Å². The number of likely N-dealkylation sites (tertiary alicyclic amines) is 1. The first-order valence-electron chi connectivity index (χ1n) is 8.37. The predicted octanol–water partition coefficient (Wildman–Crippen LogP) is 3.85. The van der Waals surface area contributed by atoms with Crippen molar-refractivity contribution < 1.29 is 14.6 Å². The zero-order chi connectivity index (χ0) is 16.9. The van der Waals surface area contributed by atoms with Gasteiger partial charge in [-0.3, -0.25) is 4.90 Å². The summed E-state index contributed by atoms with van der Waals surface area (Å²) in [5.41, 5.74) is 1.18. The maximum absolute atomic E-state index is 10.5. The van der Waals surface area contributed by atoms with Crippen LogP contribution in [0.1, 0.15) is 35.8 Å². The van der Waals surface area contributed by atoms with Crippen molar-refractivity contribution in [2.24, 2.45) is 0 Å². The third kappa shape index (κ3) is 4.09. The standard InChI is InChI=1S/C19H25NO3S/c1-22-16-9-14(10-17(12-16)23-2)13-20-7-3-5-15(20)11-18(21)19-6-4-8-24-19/h4,6,8-10,12,15,18,21H,3,5,7,11,13H2,1-2H3. The van der Waals surface area contributed by atoms with E-state index in [9.17, 15) is 5.11 Å². The maximum Gasteiger partial charge on any atom is 0.122 e. The first-order chi connectivity index (χ1) is 11.7. The van der Waals surface area contributed by atoms with E-state index in [-0.39, 0.29) is 6.10 Å². The molecule has 0 bridgehead atoms. The lowest BCUT2D eigenvalue weighted by Gasteiger charge is -2.26. The molecule has 0 radical (unpaired) electrons. The van der Waals surface area contributed by atoms with E-state index < -0.39 is 0 Å². The van der Waals surface area contributed by atoms with Crippen LogP contribution in [0.25, 0.3) is 0 Å². The molecule has 2 heterocycles. The van der Waals surface area contributed by atoms with E-state index in [4.69, 9.17) is 9.47 Å². The summed E-state index contributed by atoms with van der Waals surface area (Å²) in [7, 11) is 3.35. The van der Waals surface area contributed by atoms with E-state index in [0.29, 0.717) is 6.04 Å². The number of hydrogen-bond acceptors (Lipinski definition) is 5. The molecule has 0 amide bonds. The third-order valence-corrected chi connectivity index (χ3v) is 5.64. The number of aliphatic hydroxyl groups is 1. The van der Waals surface area contributed by atoms with Crippen molar-refractivity contribution in [3.8, 4) is 11.5 Å². The molecule has 1 aromatic heterocycles. The Kier molecular flexibility index (Phi) is 5.76. The Morgan fingerprint density at radius 2 is 2.00 bits per heavy atom. The highest BCUT2D eigenvalue weighted by atomic mass is 32.1. The normalized spacial score (nSPS) is 19.4. The van der Waals surface area contributed by atoms with Crippen molar-refractivity contribution in [1.29, 1.82) is 0 Å². The zero-order valence-corrected chi connectivity index (χ0v) is 15.1. The first-order valence-corrected chi connectivity index (χ1v) is 9.25. The van der Waals surface area contributed by atoms with Gasteiger partial charge < -0.3 is 14.6 Å². The molecule has 1 fully saturated rings. The minimum Gasteiger partial charge on any atom is -0.497 e. The second kappa shape index (κ2) is 8.01. The number of methoxy groups -OCH3 is 2. The average molecular weight is 347 g/mol. The molecule has 1 aliphatic heterocycles. The molecular weight excluding hydrogens is 322 g/mol. The molecule has 130 valence electrons. The van der Waals surface area contributed by atoms with Crippen LogP contribution in [-0.4, -0.2) is 36.8 Å². The molecule has 2 aromatic rings. The number of rotatable bonds is 7. The summed E-state index contributed by atoms with van der Waals surface area (Å²) in [6, 6.07) is 10.5. The SMILES string of the molecule is COc1cc(CN2CCCC2CC(O)c2cccs2)cc(OC)c1. The van der Waals surface area contributed by atoms with Crippen molar-refractivity contribution in [3.05, 3.63) is 46.2 Å². The Bertz CT molecular complexity index is 622. The van der Waals surface area contributed by atoms with Crippen molar-refractivity contribution in [3.63, 3.8) is 0 Å². The quantitative estimate of drug-likeness (QED) is 0.826. The van der Waals surface area contributed by atoms with Crippen molar-refractivity contribution in [1.82, 2.24) is 4.90 Å². The highest BCUT2D eigenvalue weighted by molar-refractivity contribution is 7.10. The highest BCUT2D eigenvalue weighted by Crippen LogP contribution is 2.31. The van der Waals surface area contributed by atoms with Gasteiger partial charge in [0.15, 0.2) is 0 Å². The fraction of sp³-hybridized carbons (Fsp3) is 0.474. The summed E-state index contributed by atoms with van der Waals surface area (Å²) in [6.45, 7) is 1.93. The molecule has 0 aliphatic carbocycles. The summed E-state index contributed by atoms with van der Waals surface area (Å²) >= 11 is 1.63. The van der Waals surface area contributed by atoms with Crippen LogP contribution in [0.2, 0.25) is 0 Å². The van der Waals surface area contributed by atoms with Gasteiger partial charge in [0, 0.05) is 23.5 Å². The number of ether oxygens (including phenoxy) is 2. The minimum absolute atomic E-state index is 0.365. The molecular formula is C19H25NO3S. The van der Waals surface area contributed by atoms with Crippen LogP contribution >= 0.6 is 11.3 Å². The Labute approximate surface area is 147 Å². The fourth-order valence-electron chi connectivity index (χ4n) is 3.42. The van der Waals surface area contributed by atoms with Crippen LogP contribution in [0, 0.1) is 0 Å². The third-order valence-electron chi connectivity index (χ3n) is 4.66. The van der Waals surface area contributed by atoms with Gasteiger partial charge in [-0.2, -0.15) is 0 Å². The fourth-order valence-corrected chi connectivity index (χ4v) is 4.14. The van der Waals surface area contributed by atoms with Crippen molar-refractivity contribution >= 4 is 11.3 Å². The van der Waals surface area contributed by atoms with Gasteiger partial charge in [-0.05, 0) is 54.9 Å². The molecule has 0 spiro atoms. The van der Waals surface area contributed by atoms with Gasteiger partial charge >= 0.3 is 0 Å². The average Bonchev–Trinajstić information content (AvgIpc) is 3.27. The summed E-state index contributed by atoms with van der Waals surface area (Å²) in [5, 5.41) is 12.5. The largest absolute Gasteiger partial charge is 0.497 e. The predicted molar refractivity (Wildman–Crippen MR) is 96.9 cm³/mol. The molecule has 4 nitrogen and oxygen atoms in total. The molecule has 3 rings (SSSR count). The molecule has 1 aliphatic rings. The zero-order valence-electron chi connectivity index (χ0n) is 14.3. The van der Waals surface area contributed by atoms with Crippen LogP contribution in [0.3, 0.4) is 0 Å². The Morgan fingerprint density at radius 1 is 1.25 bits per heavy atom. The molecule has 1 saturated heterocycles. The van der Waals surface area contributed by atoms with Crippen molar-refractivity contribution in [2.75, 3.05) is 20.8 Å². The number of benzene rings is 1. The second-order valence-electron chi connectivity index (χ2n) is 6.25. The summed E-state index contributed by atoms with van der Waals surface area (Å²) in [4.78, 5) is 3.52. The lowest BCUT2D eigenvalue weighted by Crippen LogP contribution is -2.30. The van der Waals surface area contributed by atoms with E-state index in [2.05, 4.69) is 17.0 Å². The molecule has 1 aromatic carbocycles. The van der Waals surface area contributed by atoms with Gasteiger partial charge in [0.1, 0.15) is 11.5 Å². The van der Waals surface area contributed by atoms with E-state index >= 15 is 0 Å². The van der Waals surface area contributed by atoms with Gasteiger partial charge in [0.2, 0.25) is 0 Å². The molecule has 1 N–H and O–H groups in total. The Morgan fingerprint density at radius 3 is 2.62 bits per heavy atom. The number of hydrogen-bond donors (Lipinski definition) is 1. The molecule has 2 atom stereocenters. The van der Waals surface area contributed by atoms with Gasteiger partial charge in [-0.1, -0.05) is 6.07 Å². The van der Waals surface area contributed by atoms with E-state index in [1.165, 1.54) is 12.0 Å². The smallest absolute Gasteiger partial charge is 0.122 e. The number of thiophene rings is 1. The number of aliphatic hydroxyl groups excluding tert-OH is 1. The van der Waals surface area contributed by atoms with Gasteiger partial charge in [-0.15, -0.1) is 11.3 Å². The number of nitrogens with zero attached hydrogens (tertiary/aromatic N) is 1. The summed E-state index contributed by atoms with van der Waals surface area (Å²) in [5.74, 6) is 1.64. The first kappa shape index (κ1) is 17.3. The summed E-state index contributed by atoms with van der Waals surface area (Å²) in [6.07, 6.45) is 2.75. The lowest BCUT2D eigenvalue weighted by atomic mass is 10.1. The molecule has 2 unspecified atom stereocenters. The summed E-state index contributed by atoms with van der Waals surface area (Å²) < 4.78 is 10.7. The van der Waals surface area contributed by atoms with E-state index in [1.54, 1.807) is 25.6 Å². The molecule has 24 heavy (non-hydrogen) atoms. The minimum atomic E-state index is -0.365. The van der Waals surface area contributed by atoms with Crippen LogP contribution in [0.4, 0.5) is 0 Å². The molecule has 5 heteroatoms. The monoisotopic (exact) mass is 347 g/mol. The highest BCUT2D eigenvalue weighted by Gasteiger charge is 2.27. The van der Waals surface area contributed by atoms with Crippen LogP contribution in [0.15, 0.2) is 35.7 Å². The van der Waals surface area contributed by atoms with Gasteiger partial charge in [0.05, 0.1) is 20.3 Å². The van der Waals surface area contributed by atoms with E-state index in [0.717, 1.165) is 42.3 Å². The van der Waals surface area contributed by atoms with Crippen LogP contribution < -0.4 is 9.47 Å². The second-order valence-corrected chi connectivity index (χ2v) is 7.23. The lowest BCUT2D eigenvalue weighted by molar-refractivity contribution is 0.120. The van der Waals surface area contributed by atoms with Crippen LogP contribution in [0.5, 0.6) is 11.5 Å². The Hall–Kier alpha value is -1.56. The van der Waals surface area contributed by atoms with Crippen molar-refractivity contribution in [2.45, 2.75) is 38.0 Å². The Balaban J connectivity index is 1.67. The topological polar surface area (TPSA) is 41.9 Å². The van der Waals surface area contributed by atoms with Gasteiger partial charge in [-0.25, -0.2) is 0 Å².